The highest BCUT2D eigenvalue weighted by molar-refractivity contribution is 5.93. The van der Waals surface area contributed by atoms with E-state index in [9.17, 15) is 4.79 Å². The second-order valence-electron chi connectivity index (χ2n) is 5.62. The lowest BCUT2D eigenvalue weighted by molar-refractivity contribution is -0.134. The second kappa shape index (κ2) is 4.87. The van der Waals surface area contributed by atoms with Crippen LogP contribution in [0.5, 0.6) is 0 Å². The fraction of sp³-hybridized carbons (Fsp3) is 0.562. The molecule has 1 fully saturated rings. The topological polar surface area (TPSA) is 33.5 Å². The summed E-state index contributed by atoms with van der Waals surface area (Å²) >= 11 is 0. The van der Waals surface area contributed by atoms with Crippen molar-refractivity contribution in [1.29, 1.82) is 0 Å². The zero-order chi connectivity index (χ0) is 13.3. The highest BCUT2D eigenvalue weighted by Crippen LogP contribution is 2.39. The Morgan fingerprint density at radius 1 is 1.37 bits per heavy atom. The number of carbonyl (C=O) groups is 1. The molecule has 102 valence electrons. The number of rotatable bonds is 3. The Bertz CT molecular complexity index is 471. The van der Waals surface area contributed by atoms with Gasteiger partial charge >= 0.3 is 0 Å². The van der Waals surface area contributed by atoms with Crippen LogP contribution in [-0.2, 0) is 10.2 Å². The molecule has 1 amide bonds. The van der Waals surface area contributed by atoms with Gasteiger partial charge in [0.2, 0.25) is 5.91 Å². The smallest absolute Gasteiger partial charge is 0.244 e. The van der Waals surface area contributed by atoms with Gasteiger partial charge in [0.15, 0.2) is 0 Å². The highest BCUT2D eigenvalue weighted by atomic mass is 16.3. The molecule has 1 aromatic rings. The van der Waals surface area contributed by atoms with Crippen molar-refractivity contribution < 1.29 is 9.21 Å². The molecule has 0 spiro atoms. The van der Waals surface area contributed by atoms with Gasteiger partial charge in [-0.3, -0.25) is 4.79 Å². The molecule has 0 radical (unpaired) electrons. The van der Waals surface area contributed by atoms with Crippen molar-refractivity contribution in [3.05, 3.63) is 36.4 Å². The predicted octanol–water partition coefficient (Wildman–Crippen LogP) is 3.62. The SMILES string of the molecule is CCC1(c2ccco2)C=CN(C2CCCCC2)C1=O. The van der Waals surface area contributed by atoms with Crippen LogP contribution in [0.25, 0.3) is 0 Å². The van der Waals surface area contributed by atoms with Crippen LogP contribution in [0.1, 0.15) is 51.2 Å². The molecule has 3 nitrogen and oxygen atoms in total. The molecule has 0 saturated heterocycles. The van der Waals surface area contributed by atoms with Crippen molar-refractivity contribution >= 4 is 5.91 Å². The molecule has 1 aromatic heterocycles. The van der Waals surface area contributed by atoms with Crippen LogP contribution in [0, 0.1) is 0 Å². The van der Waals surface area contributed by atoms with Gasteiger partial charge in [0.1, 0.15) is 11.2 Å². The summed E-state index contributed by atoms with van der Waals surface area (Å²) in [5.41, 5.74) is -0.569. The Labute approximate surface area is 114 Å². The summed E-state index contributed by atoms with van der Waals surface area (Å²) in [5.74, 6) is 0.964. The monoisotopic (exact) mass is 259 g/mol. The molecule has 19 heavy (non-hydrogen) atoms. The minimum atomic E-state index is -0.569. The van der Waals surface area contributed by atoms with E-state index in [1.165, 1.54) is 19.3 Å². The molecular formula is C16H21NO2. The minimum absolute atomic E-state index is 0.192. The van der Waals surface area contributed by atoms with E-state index in [0.29, 0.717) is 6.04 Å². The molecule has 1 atom stereocenters. The van der Waals surface area contributed by atoms with E-state index in [4.69, 9.17) is 4.42 Å². The third-order valence-electron chi connectivity index (χ3n) is 4.62. The number of hydrogen-bond donors (Lipinski definition) is 0. The van der Waals surface area contributed by atoms with Crippen LogP contribution >= 0.6 is 0 Å². The summed E-state index contributed by atoms with van der Waals surface area (Å²) < 4.78 is 5.52. The summed E-state index contributed by atoms with van der Waals surface area (Å²) in [4.78, 5) is 14.8. The number of carbonyl (C=O) groups excluding carboxylic acids is 1. The Balaban J connectivity index is 1.86. The Hall–Kier alpha value is -1.51. The van der Waals surface area contributed by atoms with Gasteiger partial charge in [-0.25, -0.2) is 0 Å². The molecule has 2 aliphatic rings. The van der Waals surface area contributed by atoms with Crippen molar-refractivity contribution in [2.75, 3.05) is 0 Å². The van der Waals surface area contributed by atoms with Crippen LogP contribution in [0.3, 0.4) is 0 Å². The molecule has 1 unspecified atom stereocenters. The van der Waals surface area contributed by atoms with Crippen LogP contribution in [0.15, 0.2) is 35.1 Å². The van der Waals surface area contributed by atoms with E-state index in [1.54, 1.807) is 6.26 Å². The summed E-state index contributed by atoms with van der Waals surface area (Å²) in [7, 11) is 0. The summed E-state index contributed by atoms with van der Waals surface area (Å²) in [6.07, 6.45) is 12.5. The Kier molecular flexibility index (Phi) is 3.21. The van der Waals surface area contributed by atoms with Crippen molar-refractivity contribution in [3.63, 3.8) is 0 Å². The van der Waals surface area contributed by atoms with E-state index in [-0.39, 0.29) is 5.91 Å². The lowest BCUT2D eigenvalue weighted by Crippen LogP contribution is -2.43. The van der Waals surface area contributed by atoms with Crippen molar-refractivity contribution in [3.8, 4) is 0 Å². The minimum Gasteiger partial charge on any atom is -0.468 e. The molecule has 2 heterocycles. The van der Waals surface area contributed by atoms with Gasteiger partial charge in [-0.2, -0.15) is 0 Å². The zero-order valence-electron chi connectivity index (χ0n) is 11.5. The Morgan fingerprint density at radius 3 is 2.79 bits per heavy atom. The standard InChI is InChI=1S/C16H21NO2/c1-2-16(14-9-6-12-19-14)10-11-17(15(16)18)13-7-4-3-5-8-13/h6,9-13H,2-5,7-8H2,1H3. The predicted molar refractivity (Wildman–Crippen MR) is 73.5 cm³/mol. The normalized spacial score (nSPS) is 28.3. The number of hydrogen-bond acceptors (Lipinski definition) is 2. The highest BCUT2D eigenvalue weighted by Gasteiger charge is 2.46. The maximum atomic E-state index is 12.9. The quantitative estimate of drug-likeness (QED) is 0.830. The number of amides is 1. The summed E-state index contributed by atoms with van der Waals surface area (Å²) in [5, 5.41) is 0. The molecule has 3 heteroatoms. The van der Waals surface area contributed by atoms with E-state index in [1.807, 2.05) is 29.3 Å². The summed E-state index contributed by atoms with van der Waals surface area (Å²) in [6, 6.07) is 4.16. The van der Waals surface area contributed by atoms with Gasteiger partial charge in [0, 0.05) is 12.2 Å². The van der Waals surface area contributed by atoms with Crippen molar-refractivity contribution in [2.45, 2.75) is 56.9 Å². The van der Waals surface area contributed by atoms with Crippen LogP contribution in [0.2, 0.25) is 0 Å². The van der Waals surface area contributed by atoms with Crippen LogP contribution in [-0.4, -0.2) is 16.8 Å². The maximum Gasteiger partial charge on any atom is 0.244 e. The van der Waals surface area contributed by atoms with E-state index >= 15 is 0 Å². The number of furan rings is 1. The molecule has 0 bridgehead atoms. The second-order valence-corrected chi connectivity index (χ2v) is 5.62. The van der Waals surface area contributed by atoms with Gasteiger partial charge in [0.25, 0.3) is 0 Å². The molecule has 1 saturated carbocycles. The first-order valence-electron chi connectivity index (χ1n) is 7.34. The first-order chi connectivity index (χ1) is 9.28. The van der Waals surface area contributed by atoms with Crippen molar-refractivity contribution in [1.82, 2.24) is 4.90 Å². The van der Waals surface area contributed by atoms with Gasteiger partial charge in [-0.05, 0) is 37.5 Å². The average molecular weight is 259 g/mol. The third kappa shape index (κ3) is 1.92. The first kappa shape index (κ1) is 12.5. The molecule has 0 aromatic carbocycles. The zero-order valence-corrected chi connectivity index (χ0v) is 11.5. The van der Waals surface area contributed by atoms with Gasteiger partial charge in [-0.15, -0.1) is 0 Å². The maximum absolute atomic E-state index is 12.9. The lowest BCUT2D eigenvalue weighted by atomic mass is 9.82. The Morgan fingerprint density at radius 2 is 2.16 bits per heavy atom. The van der Waals surface area contributed by atoms with Gasteiger partial charge in [0.05, 0.1) is 6.26 Å². The molecular weight excluding hydrogens is 238 g/mol. The van der Waals surface area contributed by atoms with Crippen LogP contribution < -0.4 is 0 Å². The number of nitrogens with zero attached hydrogens (tertiary/aromatic N) is 1. The first-order valence-corrected chi connectivity index (χ1v) is 7.34. The van der Waals surface area contributed by atoms with Crippen LogP contribution in [0.4, 0.5) is 0 Å². The van der Waals surface area contributed by atoms with Gasteiger partial charge < -0.3 is 9.32 Å². The molecule has 0 N–H and O–H groups in total. The third-order valence-corrected chi connectivity index (χ3v) is 4.62. The van der Waals surface area contributed by atoms with E-state index < -0.39 is 5.41 Å². The molecule has 3 rings (SSSR count). The van der Waals surface area contributed by atoms with E-state index in [0.717, 1.165) is 25.0 Å². The van der Waals surface area contributed by atoms with Gasteiger partial charge in [-0.1, -0.05) is 26.2 Å². The molecule has 1 aliphatic heterocycles. The molecule has 1 aliphatic carbocycles. The fourth-order valence-electron chi connectivity index (χ4n) is 3.39. The van der Waals surface area contributed by atoms with E-state index in [2.05, 4.69) is 6.92 Å². The van der Waals surface area contributed by atoms with Crippen molar-refractivity contribution in [2.24, 2.45) is 0 Å². The largest absolute Gasteiger partial charge is 0.468 e. The average Bonchev–Trinajstić information content (AvgIpc) is 3.08. The summed E-state index contributed by atoms with van der Waals surface area (Å²) in [6.45, 7) is 2.05. The lowest BCUT2D eigenvalue weighted by Gasteiger charge is -2.32. The fourth-order valence-corrected chi connectivity index (χ4v) is 3.39.